The highest BCUT2D eigenvalue weighted by atomic mass is 32.3. The Morgan fingerprint density at radius 3 is 1.73 bits per heavy atom. The van der Waals surface area contributed by atoms with Crippen molar-refractivity contribution >= 4 is 25.6 Å². The van der Waals surface area contributed by atoms with E-state index in [-0.39, 0.29) is 29.2 Å². The molecule has 0 unspecified atom stereocenters. The zero-order valence-electron chi connectivity index (χ0n) is 16.6. The van der Waals surface area contributed by atoms with Gasteiger partial charge in [-0.2, -0.15) is 0 Å². The summed E-state index contributed by atoms with van der Waals surface area (Å²) in [7, 11) is -8.70. The van der Waals surface area contributed by atoms with E-state index in [2.05, 4.69) is 6.58 Å². The van der Waals surface area contributed by atoms with Gasteiger partial charge in [-0.25, -0.2) is 16.8 Å². The van der Waals surface area contributed by atoms with E-state index in [0.717, 1.165) is 0 Å². The maximum absolute atomic E-state index is 13.7. The number of hydrogen-bond donors (Lipinski definition) is 0. The molecule has 0 saturated heterocycles. The lowest BCUT2D eigenvalue weighted by atomic mass is 10.2. The fraction of sp³-hybridized carbons (Fsp3) is 0.227. The maximum Gasteiger partial charge on any atom is 0.302 e. The van der Waals surface area contributed by atoms with Gasteiger partial charge in [0.2, 0.25) is 0 Å². The van der Waals surface area contributed by atoms with Crippen LogP contribution in [-0.2, 0) is 29.2 Å². The van der Waals surface area contributed by atoms with Crippen molar-refractivity contribution in [2.75, 3.05) is 6.61 Å². The van der Waals surface area contributed by atoms with Crippen LogP contribution in [0.1, 0.15) is 19.8 Å². The van der Waals surface area contributed by atoms with Gasteiger partial charge in [0.05, 0.1) is 9.79 Å². The van der Waals surface area contributed by atoms with Gasteiger partial charge < -0.3 is 4.74 Å². The lowest BCUT2D eigenvalue weighted by Gasteiger charge is -2.31. The molecule has 2 aromatic carbocycles. The largest absolute Gasteiger partial charge is 0.462 e. The van der Waals surface area contributed by atoms with Crippen LogP contribution in [0, 0.1) is 0 Å². The van der Waals surface area contributed by atoms with E-state index >= 15 is 0 Å². The molecule has 8 heteroatoms. The molecule has 0 aliphatic rings. The van der Waals surface area contributed by atoms with Crippen LogP contribution in [0.5, 0.6) is 0 Å². The van der Waals surface area contributed by atoms with Crippen molar-refractivity contribution in [1.82, 2.24) is 0 Å². The highest BCUT2D eigenvalue weighted by Gasteiger charge is 2.54. The molecule has 2 aromatic rings. The molecule has 0 spiro atoms. The highest BCUT2D eigenvalue weighted by Crippen LogP contribution is 2.41. The number of hydrogen-bond acceptors (Lipinski definition) is 6. The van der Waals surface area contributed by atoms with E-state index in [0.29, 0.717) is 0 Å². The van der Waals surface area contributed by atoms with Gasteiger partial charge in [-0.05, 0) is 30.7 Å². The second-order valence-electron chi connectivity index (χ2n) is 6.51. The van der Waals surface area contributed by atoms with Crippen LogP contribution >= 0.6 is 0 Å². The summed E-state index contributed by atoms with van der Waals surface area (Å²) in [6.07, 6.45) is 3.47. The maximum atomic E-state index is 13.7. The number of benzene rings is 2. The second kappa shape index (κ2) is 9.86. The van der Waals surface area contributed by atoms with Crippen molar-refractivity contribution in [3.63, 3.8) is 0 Å². The molecule has 0 heterocycles. The molecule has 0 atom stereocenters. The fourth-order valence-electron chi connectivity index (χ4n) is 3.01. The first-order chi connectivity index (χ1) is 14.2. The van der Waals surface area contributed by atoms with Crippen LogP contribution in [0.2, 0.25) is 0 Å². The van der Waals surface area contributed by atoms with E-state index in [1.165, 1.54) is 73.7 Å². The van der Waals surface area contributed by atoms with Crippen molar-refractivity contribution in [3.8, 4) is 0 Å². The number of esters is 1. The Kier molecular flexibility index (Phi) is 7.75. The Balaban J connectivity index is 2.68. The Labute approximate surface area is 177 Å². The van der Waals surface area contributed by atoms with E-state index in [9.17, 15) is 21.6 Å². The van der Waals surface area contributed by atoms with Gasteiger partial charge in [0, 0.05) is 13.3 Å². The molecule has 0 bridgehead atoms. The summed E-state index contributed by atoms with van der Waals surface area (Å²) < 4.78 is 57.4. The molecule has 0 amide bonds. The lowest BCUT2D eigenvalue weighted by Crippen LogP contribution is -2.45. The lowest BCUT2D eigenvalue weighted by molar-refractivity contribution is -0.139. The third-order valence-corrected chi connectivity index (χ3v) is 10.2. The summed E-state index contributed by atoms with van der Waals surface area (Å²) >= 11 is 0. The van der Waals surface area contributed by atoms with Gasteiger partial charge in [-0.3, -0.25) is 4.79 Å². The van der Waals surface area contributed by atoms with E-state index in [1.54, 1.807) is 12.1 Å². The predicted molar refractivity (Wildman–Crippen MR) is 115 cm³/mol. The Morgan fingerprint density at radius 2 is 1.33 bits per heavy atom. The summed E-state index contributed by atoms with van der Waals surface area (Å²) in [6, 6.07) is 14.9. The van der Waals surface area contributed by atoms with Gasteiger partial charge >= 0.3 is 5.97 Å². The minimum atomic E-state index is -4.35. The van der Waals surface area contributed by atoms with Crippen LogP contribution in [0.15, 0.2) is 95.3 Å². The molecule has 6 nitrogen and oxygen atoms in total. The Hall–Kier alpha value is -2.71. The molecule has 0 saturated carbocycles. The summed E-state index contributed by atoms with van der Waals surface area (Å²) in [6.45, 7) is 4.76. The monoisotopic (exact) mass is 448 g/mol. The molecule has 30 heavy (non-hydrogen) atoms. The highest BCUT2D eigenvalue weighted by molar-refractivity contribution is 8.10. The summed E-state index contributed by atoms with van der Waals surface area (Å²) in [4.78, 5) is 10.7. The minimum absolute atomic E-state index is 0.0870. The van der Waals surface area contributed by atoms with Crippen LogP contribution in [-0.4, -0.2) is 33.5 Å². The van der Waals surface area contributed by atoms with Crippen LogP contribution in [0.3, 0.4) is 0 Å². The third kappa shape index (κ3) is 4.71. The summed E-state index contributed by atoms with van der Waals surface area (Å²) in [5, 5.41) is 0. The predicted octanol–water partition coefficient (Wildman–Crippen LogP) is 3.72. The average molecular weight is 449 g/mol. The molecule has 0 aromatic heterocycles. The van der Waals surface area contributed by atoms with Crippen molar-refractivity contribution < 1.29 is 26.4 Å². The number of sulfone groups is 2. The van der Waals surface area contributed by atoms with Gasteiger partial charge in [0.25, 0.3) is 0 Å². The first-order valence-corrected chi connectivity index (χ1v) is 12.1. The smallest absolute Gasteiger partial charge is 0.302 e. The molecule has 2 rings (SSSR count). The molecule has 0 radical (unpaired) electrons. The second-order valence-corrected chi connectivity index (χ2v) is 11.3. The van der Waals surface area contributed by atoms with E-state index in [1.807, 2.05) is 0 Å². The Morgan fingerprint density at radius 1 is 0.867 bits per heavy atom. The number of rotatable bonds is 10. The first-order valence-electron chi connectivity index (χ1n) is 9.17. The number of carbonyl (C=O) groups is 1. The standard InChI is InChI=1S/C22H24O6S2/c1-3-16-22(17-10-11-18-28-19(2)23,29(24,25)20-12-6-4-7-13-20)30(26,27)21-14-8-5-9-15-21/h3-15H,1,16-18H2,2H3/b11-10-. The zero-order chi connectivity index (χ0) is 22.3. The fourth-order valence-corrected chi connectivity index (χ4v) is 7.94. The SMILES string of the molecule is C=CCC(C/C=C\COC(C)=O)(S(=O)(=O)c1ccccc1)S(=O)(=O)c1ccccc1. The zero-order valence-corrected chi connectivity index (χ0v) is 18.2. The van der Waals surface area contributed by atoms with Crippen LogP contribution in [0.25, 0.3) is 0 Å². The number of ether oxygens (including phenoxy) is 1. The average Bonchev–Trinajstić information content (AvgIpc) is 2.73. The van der Waals surface area contributed by atoms with Crippen molar-refractivity contribution in [3.05, 3.63) is 85.5 Å². The molecule has 0 fully saturated rings. The topological polar surface area (TPSA) is 94.6 Å². The number of allylic oxidation sites excluding steroid dienone is 2. The van der Waals surface area contributed by atoms with Crippen molar-refractivity contribution in [1.29, 1.82) is 0 Å². The van der Waals surface area contributed by atoms with Crippen molar-refractivity contribution in [2.24, 2.45) is 0 Å². The quantitative estimate of drug-likeness (QED) is 0.406. The Bertz CT molecular complexity index is 1030. The van der Waals surface area contributed by atoms with Gasteiger partial charge in [-0.1, -0.05) is 54.6 Å². The van der Waals surface area contributed by atoms with Crippen molar-refractivity contribution in [2.45, 2.75) is 33.6 Å². The summed E-state index contributed by atoms with van der Waals surface area (Å²) in [5.41, 5.74) is 0. The number of carbonyl (C=O) groups excluding carboxylic acids is 1. The molecule has 0 N–H and O–H groups in total. The summed E-state index contributed by atoms with van der Waals surface area (Å²) in [5.74, 6) is -0.495. The van der Waals surface area contributed by atoms with Gasteiger partial charge in [0.1, 0.15) is 6.61 Å². The van der Waals surface area contributed by atoms with Gasteiger partial charge in [-0.15, -0.1) is 6.58 Å². The van der Waals surface area contributed by atoms with Crippen LogP contribution < -0.4 is 0 Å². The molecular formula is C22H24O6S2. The first kappa shape index (κ1) is 23.6. The van der Waals surface area contributed by atoms with Gasteiger partial charge in [0.15, 0.2) is 23.8 Å². The third-order valence-electron chi connectivity index (χ3n) is 4.52. The molecule has 160 valence electrons. The van der Waals surface area contributed by atoms with Crippen LogP contribution in [0.4, 0.5) is 0 Å². The normalized spacial score (nSPS) is 12.6. The van der Waals surface area contributed by atoms with E-state index in [4.69, 9.17) is 4.74 Å². The molecule has 0 aliphatic carbocycles. The molecular weight excluding hydrogens is 424 g/mol. The minimum Gasteiger partial charge on any atom is -0.462 e. The molecule has 0 aliphatic heterocycles. The van der Waals surface area contributed by atoms with E-state index < -0.39 is 29.7 Å².